The summed E-state index contributed by atoms with van der Waals surface area (Å²) in [6.07, 6.45) is 5.23. The summed E-state index contributed by atoms with van der Waals surface area (Å²) in [6, 6.07) is 8.44. The normalized spacial score (nSPS) is 15.1. The summed E-state index contributed by atoms with van der Waals surface area (Å²) in [5.41, 5.74) is 3.66. The first kappa shape index (κ1) is 10.1. The number of benzene rings is 1. The maximum atomic E-state index is 5.07. The maximum Gasteiger partial charge on any atom is 0.0713 e. The minimum Gasteiger partial charge on any atom is -0.380 e. The van der Waals surface area contributed by atoms with E-state index in [4.69, 9.17) is 4.74 Å². The van der Waals surface area contributed by atoms with Crippen LogP contribution in [0.4, 0.5) is 0 Å². The quantitative estimate of drug-likeness (QED) is 0.736. The van der Waals surface area contributed by atoms with Crippen LogP contribution in [-0.2, 0) is 11.3 Å². The number of nitrogens with zero attached hydrogens (tertiary/aromatic N) is 1. The molecular weight excluding hydrogens is 186 g/mol. The highest BCUT2D eigenvalue weighted by atomic mass is 16.5. The smallest absolute Gasteiger partial charge is 0.0713 e. The van der Waals surface area contributed by atoms with Gasteiger partial charge in [-0.05, 0) is 23.1 Å². The van der Waals surface area contributed by atoms with Gasteiger partial charge in [-0.3, -0.25) is 4.99 Å². The fourth-order valence-corrected chi connectivity index (χ4v) is 1.66. The minimum atomic E-state index is 0.674. The van der Waals surface area contributed by atoms with Crippen LogP contribution in [0.2, 0.25) is 0 Å². The van der Waals surface area contributed by atoms with E-state index in [1.54, 1.807) is 7.11 Å². The highest BCUT2D eigenvalue weighted by Gasteiger charge is 2.01. The van der Waals surface area contributed by atoms with Crippen molar-refractivity contribution < 1.29 is 4.74 Å². The molecule has 0 N–H and O–H groups in total. The van der Waals surface area contributed by atoms with E-state index in [1.165, 1.54) is 16.7 Å². The number of dihydropyridines is 1. The number of hydrogen-bond donors (Lipinski definition) is 0. The molecule has 0 amide bonds. The Balaban J connectivity index is 2.16. The van der Waals surface area contributed by atoms with E-state index in [-0.39, 0.29) is 0 Å². The lowest BCUT2D eigenvalue weighted by molar-refractivity contribution is 0.185. The lowest BCUT2D eigenvalue weighted by Crippen LogP contribution is -1.95. The zero-order chi connectivity index (χ0) is 10.5. The van der Waals surface area contributed by atoms with Gasteiger partial charge in [-0.2, -0.15) is 0 Å². The standard InChI is InChI=1S/C13H15NO/c1-15-10-11-4-6-12(7-5-11)13-3-2-8-14-9-13/h3-7,9H,2,8,10H2,1H3. The molecule has 0 atom stereocenters. The molecule has 0 saturated heterocycles. The number of hydrogen-bond acceptors (Lipinski definition) is 2. The van der Waals surface area contributed by atoms with E-state index >= 15 is 0 Å². The summed E-state index contributed by atoms with van der Waals surface area (Å²) < 4.78 is 5.07. The van der Waals surface area contributed by atoms with Gasteiger partial charge >= 0.3 is 0 Å². The average molecular weight is 201 g/mol. The highest BCUT2D eigenvalue weighted by Crippen LogP contribution is 2.16. The van der Waals surface area contributed by atoms with Crippen LogP contribution in [0, 0.1) is 0 Å². The van der Waals surface area contributed by atoms with E-state index in [2.05, 4.69) is 35.3 Å². The Bertz CT molecular complexity index is 376. The molecule has 1 aliphatic heterocycles. The van der Waals surface area contributed by atoms with Crippen LogP contribution in [0.1, 0.15) is 17.5 Å². The molecule has 78 valence electrons. The van der Waals surface area contributed by atoms with Gasteiger partial charge in [-0.1, -0.05) is 30.3 Å². The molecule has 0 saturated carbocycles. The molecular formula is C13H15NO. The summed E-state index contributed by atoms with van der Waals surface area (Å²) in [7, 11) is 1.71. The van der Waals surface area contributed by atoms with Gasteiger partial charge in [0.25, 0.3) is 0 Å². The van der Waals surface area contributed by atoms with Crippen molar-refractivity contribution in [3.63, 3.8) is 0 Å². The summed E-state index contributed by atoms with van der Waals surface area (Å²) in [4.78, 5) is 4.28. The minimum absolute atomic E-state index is 0.674. The van der Waals surface area contributed by atoms with Crippen molar-refractivity contribution in [2.75, 3.05) is 13.7 Å². The fraction of sp³-hybridized carbons (Fsp3) is 0.308. The van der Waals surface area contributed by atoms with Crippen LogP contribution in [0.3, 0.4) is 0 Å². The van der Waals surface area contributed by atoms with Crippen LogP contribution < -0.4 is 0 Å². The second-order valence-corrected chi connectivity index (χ2v) is 3.61. The van der Waals surface area contributed by atoms with Gasteiger partial charge in [-0.25, -0.2) is 0 Å². The molecule has 2 heteroatoms. The van der Waals surface area contributed by atoms with Crippen molar-refractivity contribution in [3.8, 4) is 0 Å². The Morgan fingerprint density at radius 1 is 1.27 bits per heavy atom. The predicted molar refractivity (Wildman–Crippen MR) is 63.1 cm³/mol. The van der Waals surface area contributed by atoms with E-state index in [9.17, 15) is 0 Å². The summed E-state index contributed by atoms with van der Waals surface area (Å²) in [5.74, 6) is 0. The number of rotatable bonds is 3. The van der Waals surface area contributed by atoms with E-state index in [1.807, 2.05) is 6.21 Å². The summed E-state index contributed by atoms with van der Waals surface area (Å²) >= 11 is 0. The third-order valence-corrected chi connectivity index (χ3v) is 2.45. The monoisotopic (exact) mass is 201 g/mol. The number of allylic oxidation sites excluding steroid dienone is 1. The Hall–Kier alpha value is -1.41. The largest absolute Gasteiger partial charge is 0.380 e. The van der Waals surface area contributed by atoms with Gasteiger partial charge in [0.15, 0.2) is 0 Å². The average Bonchev–Trinajstić information content (AvgIpc) is 2.32. The molecule has 0 unspecified atom stereocenters. The van der Waals surface area contributed by atoms with Crippen LogP contribution in [0.5, 0.6) is 0 Å². The van der Waals surface area contributed by atoms with Crippen molar-refractivity contribution in [3.05, 3.63) is 41.5 Å². The first-order chi connectivity index (χ1) is 7.40. The van der Waals surface area contributed by atoms with Crippen molar-refractivity contribution in [2.24, 2.45) is 4.99 Å². The van der Waals surface area contributed by atoms with E-state index in [0.717, 1.165) is 13.0 Å². The molecule has 0 spiro atoms. The van der Waals surface area contributed by atoms with Gasteiger partial charge in [0.05, 0.1) is 6.61 Å². The predicted octanol–water partition coefficient (Wildman–Crippen LogP) is 2.69. The SMILES string of the molecule is COCc1ccc(C2=CCCN=C2)cc1. The van der Waals surface area contributed by atoms with Crippen LogP contribution >= 0.6 is 0 Å². The van der Waals surface area contributed by atoms with Crippen molar-refractivity contribution in [1.82, 2.24) is 0 Å². The Kier molecular flexibility index (Phi) is 3.30. The van der Waals surface area contributed by atoms with Gasteiger partial charge in [-0.15, -0.1) is 0 Å². The molecule has 2 rings (SSSR count). The Morgan fingerprint density at radius 2 is 2.07 bits per heavy atom. The van der Waals surface area contributed by atoms with Gasteiger partial charge in [0.2, 0.25) is 0 Å². The Labute approximate surface area is 90.3 Å². The molecule has 2 nitrogen and oxygen atoms in total. The van der Waals surface area contributed by atoms with Gasteiger partial charge in [0, 0.05) is 19.9 Å². The molecule has 0 fully saturated rings. The molecule has 1 aromatic rings. The van der Waals surface area contributed by atoms with Crippen molar-refractivity contribution >= 4 is 11.8 Å². The molecule has 1 heterocycles. The third kappa shape index (κ3) is 2.54. The molecule has 0 bridgehead atoms. The second kappa shape index (κ2) is 4.89. The van der Waals surface area contributed by atoms with Crippen molar-refractivity contribution in [1.29, 1.82) is 0 Å². The summed E-state index contributed by atoms with van der Waals surface area (Å²) in [6.45, 7) is 1.60. The van der Waals surface area contributed by atoms with Gasteiger partial charge < -0.3 is 4.74 Å². The van der Waals surface area contributed by atoms with Crippen LogP contribution in [0.25, 0.3) is 5.57 Å². The molecule has 0 aliphatic carbocycles. The number of ether oxygens (including phenoxy) is 1. The zero-order valence-corrected chi connectivity index (χ0v) is 8.94. The number of aliphatic imine (C=N–C) groups is 1. The molecule has 0 aromatic heterocycles. The van der Waals surface area contributed by atoms with Crippen LogP contribution in [0.15, 0.2) is 35.3 Å². The van der Waals surface area contributed by atoms with Gasteiger partial charge in [0.1, 0.15) is 0 Å². The van der Waals surface area contributed by atoms with Crippen LogP contribution in [-0.4, -0.2) is 19.9 Å². The molecule has 0 radical (unpaired) electrons. The maximum absolute atomic E-state index is 5.07. The fourth-order valence-electron chi connectivity index (χ4n) is 1.66. The van der Waals surface area contributed by atoms with E-state index < -0.39 is 0 Å². The summed E-state index contributed by atoms with van der Waals surface area (Å²) in [5, 5.41) is 0. The molecule has 15 heavy (non-hydrogen) atoms. The lowest BCUT2D eigenvalue weighted by Gasteiger charge is -2.07. The third-order valence-electron chi connectivity index (χ3n) is 2.45. The topological polar surface area (TPSA) is 21.6 Å². The first-order valence-electron chi connectivity index (χ1n) is 5.18. The number of methoxy groups -OCH3 is 1. The van der Waals surface area contributed by atoms with Crippen molar-refractivity contribution in [2.45, 2.75) is 13.0 Å². The lowest BCUT2D eigenvalue weighted by atomic mass is 10.0. The molecule has 1 aliphatic rings. The highest BCUT2D eigenvalue weighted by molar-refractivity contribution is 6.10. The first-order valence-corrected chi connectivity index (χ1v) is 5.18. The van der Waals surface area contributed by atoms with E-state index in [0.29, 0.717) is 6.61 Å². The second-order valence-electron chi connectivity index (χ2n) is 3.61. The zero-order valence-electron chi connectivity index (χ0n) is 8.94. The Morgan fingerprint density at radius 3 is 2.67 bits per heavy atom. The molecule has 1 aromatic carbocycles.